The first-order chi connectivity index (χ1) is 16.5. The number of benzene rings is 3. The molecule has 5 rings (SSSR count). The average molecular weight is 454 g/mol. The lowest BCUT2D eigenvalue weighted by Gasteiger charge is -2.30. The van der Waals surface area contributed by atoms with Gasteiger partial charge >= 0.3 is 0 Å². The van der Waals surface area contributed by atoms with Gasteiger partial charge in [0.1, 0.15) is 11.6 Å². The van der Waals surface area contributed by atoms with E-state index in [0.29, 0.717) is 29.9 Å². The monoisotopic (exact) mass is 453 g/mol. The Balaban J connectivity index is 1.58. The van der Waals surface area contributed by atoms with E-state index in [9.17, 15) is 4.39 Å². The Morgan fingerprint density at radius 1 is 0.912 bits per heavy atom. The van der Waals surface area contributed by atoms with E-state index in [-0.39, 0.29) is 23.6 Å². The molecule has 3 aromatic carbocycles. The molecule has 1 unspecified atom stereocenters. The normalized spacial score (nSPS) is 12.2. The van der Waals surface area contributed by atoms with Gasteiger partial charge in [-0.25, -0.2) is 9.37 Å². The third-order valence-corrected chi connectivity index (χ3v) is 6.02. The molecule has 0 spiro atoms. The second-order valence-electron chi connectivity index (χ2n) is 8.19. The molecule has 1 atom stereocenters. The fourth-order valence-corrected chi connectivity index (χ4v) is 4.28. The van der Waals surface area contributed by atoms with Crippen molar-refractivity contribution in [1.29, 1.82) is 0 Å². The number of aromatic nitrogens is 4. The SMILES string of the molecule is CC(c1cccc2ccccc12)N(CCc1cccc(F)c1)c1ncc2c(N)nc(N)nc2n1. The molecule has 0 radical (unpaired) electrons. The fourth-order valence-electron chi connectivity index (χ4n) is 4.28. The topological polar surface area (TPSA) is 107 Å². The minimum absolute atomic E-state index is 0.0584. The first-order valence-electron chi connectivity index (χ1n) is 11.0. The standard InChI is InChI=1S/C26H24FN7/c1-16(20-11-5-8-18-7-2-3-10-21(18)20)34(13-12-17-6-4-9-19(27)14-17)26-30-15-22-23(28)31-25(29)32-24(22)33-26/h2-11,14-16H,12-13H2,1H3,(H4,28,29,30,31,32,33). The van der Waals surface area contributed by atoms with Gasteiger partial charge in [-0.2, -0.15) is 15.0 Å². The van der Waals surface area contributed by atoms with Crippen molar-refractivity contribution < 1.29 is 4.39 Å². The molecule has 0 aliphatic carbocycles. The van der Waals surface area contributed by atoms with Crippen molar-refractivity contribution in [2.75, 3.05) is 22.9 Å². The Morgan fingerprint density at radius 3 is 2.56 bits per heavy atom. The molecule has 34 heavy (non-hydrogen) atoms. The van der Waals surface area contributed by atoms with Crippen LogP contribution in [0.1, 0.15) is 24.1 Å². The van der Waals surface area contributed by atoms with Crippen molar-refractivity contribution in [1.82, 2.24) is 19.9 Å². The molecule has 7 nitrogen and oxygen atoms in total. The Morgan fingerprint density at radius 2 is 1.71 bits per heavy atom. The number of halogens is 1. The summed E-state index contributed by atoms with van der Waals surface area (Å²) in [5.41, 5.74) is 14.2. The van der Waals surface area contributed by atoms with E-state index >= 15 is 0 Å². The summed E-state index contributed by atoms with van der Waals surface area (Å²) < 4.78 is 13.8. The molecule has 0 aliphatic heterocycles. The van der Waals surface area contributed by atoms with E-state index in [2.05, 4.69) is 62.1 Å². The maximum absolute atomic E-state index is 13.8. The highest BCUT2D eigenvalue weighted by atomic mass is 19.1. The van der Waals surface area contributed by atoms with E-state index in [1.807, 2.05) is 18.2 Å². The van der Waals surface area contributed by atoms with Crippen LogP contribution in [0.15, 0.2) is 72.9 Å². The summed E-state index contributed by atoms with van der Waals surface area (Å²) in [6, 6.07) is 21.1. The first-order valence-corrected chi connectivity index (χ1v) is 11.0. The summed E-state index contributed by atoms with van der Waals surface area (Å²) in [4.78, 5) is 19.6. The van der Waals surface area contributed by atoms with Gasteiger partial charge in [-0.1, -0.05) is 54.6 Å². The zero-order valence-corrected chi connectivity index (χ0v) is 18.7. The van der Waals surface area contributed by atoms with Crippen LogP contribution in [0, 0.1) is 5.82 Å². The number of rotatable bonds is 6. The molecule has 0 bridgehead atoms. The lowest BCUT2D eigenvalue weighted by Crippen LogP contribution is -2.31. The smallest absolute Gasteiger partial charge is 0.227 e. The summed E-state index contributed by atoms with van der Waals surface area (Å²) >= 11 is 0. The lowest BCUT2D eigenvalue weighted by molar-refractivity contribution is 0.621. The summed E-state index contributed by atoms with van der Waals surface area (Å²) in [7, 11) is 0. The maximum Gasteiger partial charge on any atom is 0.227 e. The highest BCUT2D eigenvalue weighted by Gasteiger charge is 2.22. The number of nitrogens with two attached hydrogens (primary N) is 2. The van der Waals surface area contributed by atoms with Gasteiger partial charge < -0.3 is 16.4 Å². The third-order valence-electron chi connectivity index (χ3n) is 6.02. The fraction of sp³-hybridized carbons (Fsp3) is 0.154. The van der Waals surface area contributed by atoms with Gasteiger partial charge in [-0.3, -0.25) is 0 Å². The van der Waals surface area contributed by atoms with Gasteiger partial charge in [0, 0.05) is 12.7 Å². The van der Waals surface area contributed by atoms with Crippen molar-refractivity contribution in [2.45, 2.75) is 19.4 Å². The van der Waals surface area contributed by atoms with Gasteiger partial charge in [0.2, 0.25) is 11.9 Å². The van der Waals surface area contributed by atoms with Crippen molar-refractivity contribution in [3.8, 4) is 0 Å². The minimum Gasteiger partial charge on any atom is -0.383 e. The van der Waals surface area contributed by atoms with Crippen LogP contribution in [-0.2, 0) is 6.42 Å². The van der Waals surface area contributed by atoms with Crippen LogP contribution in [-0.4, -0.2) is 26.5 Å². The second kappa shape index (κ2) is 8.90. The molecule has 0 saturated heterocycles. The van der Waals surface area contributed by atoms with Gasteiger partial charge in [0.05, 0.1) is 11.4 Å². The zero-order chi connectivity index (χ0) is 23.7. The molecular weight excluding hydrogens is 429 g/mol. The van der Waals surface area contributed by atoms with E-state index in [4.69, 9.17) is 11.5 Å². The summed E-state index contributed by atoms with van der Waals surface area (Å²) in [5.74, 6) is 0.531. The molecule has 5 aromatic rings. The highest BCUT2D eigenvalue weighted by molar-refractivity contribution is 5.87. The molecule has 2 heterocycles. The van der Waals surface area contributed by atoms with E-state index < -0.39 is 0 Å². The van der Waals surface area contributed by atoms with Gasteiger partial charge in [0.25, 0.3) is 0 Å². The van der Waals surface area contributed by atoms with Crippen LogP contribution >= 0.6 is 0 Å². The van der Waals surface area contributed by atoms with Crippen molar-refractivity contribution >= 4 is 39.5 Å². The quantitative estimate of drug-likeness (QED) is 0.384. The molecule has 2 aromatic heterocycles. The number of nitrogens with zero attached hydrogens (tertiary/aromatic N) is 5. The van der Waals surface area contributed by atoms with Crippen LogP contribution in [0.25, 0.3) is 21.8 Å². The molecule has 0 aliphatic rings. The number of hydrogen-bond donors (Lipinski definition) is 2. The largest absolute Gasteiger partial charge is 0.383 e. The number of fused-ring (bicyclic) bond motifs is 2. The van der Waals surface area contributed by atoms with E-state index in [1.54, 1.807) is 18.3 Å². The lowest BCUT2D eigenvalue weighted by atomic mass is 9.98. The van der Waals surface area contributed by atoms with Gasteiger partial charge in [-0.15, -0.1) is 0 Å². The Bertz CT molecular complexity index is 1480. The zero-order valence-electron chi connectivity index (χ0n) is 18.7. The number of nitrogen functional groups attached to an aromatic ring is 2. The van der Waals surface area contributed by atoms with Gasteiger partial charge in [-0.05, 0) is 47.4 Å². The molecule has 0 amide bonds. The minimum atomic E-state index is -0.254. The molecular formula is C26H24FN7. The molecule has 4 N–H and O–H groups in total. The number of hydrogen-bond acceptors (Lipinski definition) is 7. The Kier molecular flexibility index (Phi) is 5.63. The van der Waals surface area contributed by atoms with Crippen LogP contribution in [0.4, 0.5) is 22.1 Å². The predicted molar refractivity (Wildman–Crippen MR) is 134 cm³/mol. The molecule has 170 valence electrons. The van der Waals surface area contributed by atoms with E-state index in [1.165, 1.54) is 6.07 Å². The van der Waals surface area contributed by atoms with Crippen molar-refractivity contribution in [3.63, 3.8) is 0 Å². The van der Waals surface area contributed by atoms with Crippen LogP contribution in [0.3, 0.4) is 0 Å². The van der Waals surface area contributed by atoms with Crippen molar-refractivity contribution in [2.24, 2.45) is 0 Å². The second-order valence-corrected chi connectivity index (χ2v) is 8.19. The predicted octanol–water partition coefficient (Wildman–Crippen LogP) is 4.69. The Hall–Kier alpha value is -4.33. The van der Waals surface area contributed by atoms with Crippen LogP contribution < -0.4 is 16.4 Å². The highest BCUT2D eigenvalue weighted by Crippen LogP contribution is 2.31. The molecule has 8 heteroatoms. The number of anilines is 3. The molecule has 0 fully saturated rings. The third kappa shape index (κ3) is 4.17. The van der Waals surface area contributed by atoms with Crippen molar-refractivity contribution in [3.05, 3.63) is 89.9 Å². The van der Waals surface area contributed by atoms with E-state index in [0.717, 1.165) is 21.9 Å². The Labute approximate surface area is 196 Å². The van der Waals surface area contributed by atoms with Crippen LogP contribution in [0.5, 0.6) is 0 Å². The summed E-state index contributed by atoms with van der Waals surface area (Å²) in [6.45, 7) is 2.68. The summed E-state index contributed by atoms with van der Waals surface area (Å²) in [6.07, 6.45) is 2.24. The van der Waals surface area contributed by atoms with Gasteiger partial charge in [0.15, 0.2) is 5.65 Å². The summed E-state index contributed by atoms with van der Waals surface area (Å²) in [5, 5.41) is 2.86. The molecule has 0 saturated carbocycles. The first kappa shape index (κ1) is 21.5. The average Bonchev–Trinajstić information content (AvgIpc) is 2.83. The van der Waals surface area contributed by atoms with Crippen LogP contribution in [0.2, 0.25) is 0 Å². The maximum atomic E-state index is 13.8.